The lowest BCUT2D eigenvalue weighted by molar-refractivity contribution is 0.589. The molecule has 0 saturated heterocycles. The lowest BCUT2D eigenvalue weighted by atomic mass is 10.2. The monoisotopic (exact) mass is 519 g/mol. The molecule has 11 heteroatoms. The fraction of sp³-hybridized carbons (Fsp3) is 0.0909. The van der Waals surface area contributed by atoms with Crippen LogP contribution in [0.25, 0.3) is 0 Å². The molecule has 33 heavy (non-hydrogen) atoms. The van der Waals surface area contributed by atoms with E-state index in [0.29, 0.717) is 5.02 Å². The van der Waals surface area contributed by atoms with Crippen LogP contribution in [0.4, 0.5) is 5.00 Å². The van der Waals surface area contributed by atoms with Crippen LogP contribution in [-0.4, -0.2) is 26.8 Å². The zero-order valence-electron chi connectivity index (χ0n) is 17.3. The van der Waals surface area contributed by atoms with Gasteiger partial charge in [0.25, 0.3) is 0 Å². The molecule has 170 valence electrons. The van der Waals surface area contributed by atoms with E-state index in [1.807, 2.05) is 13.0 Å². The highest BCUT2D eigenvalue weighted by Gasteiger charge is 2.31. The Bertz CT molecular complexity index is 1480. The number of nitrogens with zero attached hydrogens (tertiary/aromatic N) is 2. The fourth-order valence-corrected chi connectivity index (χ4v) is 7.34. The Morgan fingerprint density at radius 2 is 1.55 bits per heavy atom. The maximum atomic E-state index is 13.4. The molecule has 4 rings (SSSR count). The topological polar surface area (TPSA) is 106 Å². The number of anilines is 1. The van der Waals surface area contributed by atoms with Gasteiger partial charge in [0.1, 0.15) is 5.00 Å². The summed E-state index contributed by atoms with van der Waals surface area (Å²) in [6.07, 6.45) is 3.25. The Hall–Kier alpha value is -2.79. The molecule has 0 radical (unpaired) electrons. The first kappa shape index (κ1) is 23.4. The molecule has 0 unspecified atom stereocenters. The number of aryl methyl sites for hydroxylation is 1. The summed E-state index contributed by atoms with van der Waals surface area (Å²) >= 11 is 6.67. The van der Waals surface area contributed by atoms with Crippen LogP contribution in [0.15, 0.2) is 92.2 Å². The van der Waals surface area contributed by atoms with Crippen LogP contribution in [0.2, 0.25) is 5.02 Å². The normalized spacial score (nSPS) is 11.9. The van der Waals surface area contributed by atoms with Crippen molar-refractivity contribution in [1.82, 2.24) is 9.97 Å². The number of hydrogen-bond donors (Lipinski definition) is 1. The van der Waals surface area contributed by atoms with Crippen molar-refractivity contribution >= 4 is 47.6 Å². The van der Waals surface area contributed by atoms with Crippen molar-refractivity contribution in [3.05, 3.63) is 89.2 Å². The van der Waals surface area contributed by atoms with Gasteiger partial charge in [0.15, 0.2) is 5.03 Å². The van der Waals surface area contributed by atoms with Crippen molar-refractivity contribution < 1.29 is 16.8 Å². The molecule has 4 aromatic rings. The van der Waals surface area contributed by atoms with Crippen molar-refractivity contribution in [3.8, 4) is 0 Å². The number of thiazole rings is 1. The van der Waals surface area contributed by atoms with Crippen LogP contribution in [-0.2, 0) is 26.2 Å². The quantitative estimate of drug-likeness (QED) is 0.374. The summed E-state index contributed by atoms with van der Waals surface area (Å²) < 4.78 is 52.8. The maximum Gasteiger partial charge on any atom is 0.233 e. The Kier molecular flexibility index (Phi) is 6.53. The SMILES string of the molecule is Cc1ccc(S(=O)(=O)c2nc(S(=O)(=O)c3ccc(Cl)cc3)c(NCc3cccnc3)s2)cc1. The van der Waals surface area contributed by atoms with Crippen LogP contribution in [0.5, 0.6) is 0 Å². The number of halogens is 1. The lowest BCUT2D eigenvalue weighted by Gasteiger charge is -2.07. The lowest BCUT2D eigenvalue weighted by Crippen LogP contribution is -2.08. The zero-order valence-corrected chi connectivity index (χ0v) is 20.5. The Balaban J connectivity index is 1.80. The Morgan fingerprint density at radius 3 is 2.18 bits per heavy atom. The summed E-state index contributed by atoms with van der Waals surface area (Å²) in [6.45, 7) is 2.08. The minimum atomic E-state index is -4.12. The van der Waals surface area contributed by atoms with E-state index in [2.05, 4.69) is 15.3 Å². The highest BCUT2D eigenvalue weighted by molar-refractivity contribution is 7.94. The molecule has 2 aromatic carbocycles. The third-order valence-corrected chi connectivity index (χ3v) is 9.93. The van der Waals surface area contributed by atoms with Crippen LogP contribution in [0.1, 0.15) is 11.1 Å². The molecular weight excluding hydrogens is 502 g/mol. The zero-order chi connectivity index (χ0) is 23.6. The van der Waals surface area contributed by atoms with Gasteiger partial charge < -0.3 is 5.32 Å². The minimum absolute atomic E-state index is 0.0381. The third-order valence-electron chi connectivity index (χ3n) is 4.69. The molecule has 0 aliphatic heterocycles. The standard InChI is InChI=1S/C22H18ClN3O4S3/c1-15-4-8-19(9-5-15)33(29,30)22-26-21(32(27,28)18-10-6-17(23)7-11-18)20(31-22)25-14-16-3-2-12-24-13-16/h2-13,25H,14H2,1H3. The predicted octanol–water partition coefficient (Wildman–Crippen LogP) is 4.78. The third kappa shape index (κ3) is 4.93. The molecule has 1 N–H and O–H groups in total. The highest BCUT2D eigenvalue weighted by atomic mass is 35.5. The van der Waals surface area contributed by atoms with Crippen LogP contribution in [0.3, 0.4) is 0 Å². The van der Waals surface area contributed by atoms with Crippen molar-refractivity contribution in [2.75, 3.05) is 5.32 Å². The molecule has 0 aliphatic rings. The van der Waals surface area contributed by atoms with Gasteiger partial charge >= 0.3 is 0 Å². The first-order valence-electron chi connectivity index (χ1n) is 9.64. The number of pyridine rings is 1. The van der Waals surface area contributed by atoms with Gasteiger partial charge in [-0.05, 0) is 55.0 Å². The van der Waals surface area contributed by atoms with Gasteiger partial charge in [0, 0.05) is 24.0 Å². The molecule has 0 bridgehead atoms. The van der Waals surface area contributed by atoms with E-state index in [1.54, 1.807) is 30.6 Å². The van der Waals surface area contributed by atoms with Crippen molar-refractivity contribution in [2.45, 2.75) is 32.6 Å². The molecular formula is C22H18ClN3O4S3. The van der Waals surface area contributed by atoms with Gasteiger partial charge in [-0.15, -0.1) is 0 Å². The largest absolute Gasteiger partial charge is 0.370 e. The molecule has 7 nitrogen and oxygen atoms in total. The first-order chi connectivity index (χ1) is 15.7. The first-order valence-corrected chi connectivity index (χ1v) is 13.8. The second-order valence-electron chi connectivity index (χ2n) is 7.10. The van der Waals surface area contributed by atoms with E-state index in [4.69, 9.17) is 11.6 Å². The Morgan fingerprint density at radius 1 is 0.909 bits per heavy atom. The number of sulfone groups is 2. The van der Waals surface area contributed by atoms with Gasteiger partial charge in [0.05, 0.1) is 9.79 Å². The number of aromatic nitrogens is 2. The molecule has 0 spiro atoms. The molecule has 0 atom stereocenters. The molecule has 0 fully saturated rings. The summed E-state index contributed by atoms with van der Waals surface area (Å²) in [4.78, 5) is 8.13. The molecule has 0 aliphatic carbocycles. The van der Waals surface area contributed by atoms with Gasteiger partial charge in [-0.3, -0.25) is 4.98 Å². The number of hydrogen-bond acceptors (Lipinski definition) is 8. The molecule has 2 aromatic heterocycles. The van der Waals surface area contributed by atoms with Crippen LogP contribution < -0.4 is 5.32 Å². The van der Waals surface area contributed by atoms with Crippen LogP contribution in [0, 0.1) is 6.92 Å². The van der Waals surface area contributed by atoms with Crippen LogP contribution >= 0.6 is 22.9 Å². The number of nitrogens with one attached hydrogen (secondary N) is 1. The number of rotatable bonds is 7. The van der Waals surface area contributed by atoms with Gasteiger partial charge in [-0.25, -0.2) is 21.8 Å². The predicted molar refractivity (Wildman–Crippen MR) is 127 cm³/mol. The van der Waals surface area contributed by atoms with E-state index >= 15 is 0 Å². The summed E-state index contributed by atoms with van der Waals surface area (Å²) in [5.74, 6) is 0. The van der Waals surface area contributed by atoms with E-state index < -0.39 is 19.7 Å². The van der Waals surface area contributed by atoms with E-state index in [9.17, 15) is 16.8 Å². The number of benzene rings is 2. The molecule has 0 saturated carbocycles. The van der Waals surface area contributed by atoms with E-state index in [1.165, 1.54) is 36.4 Å². The summed E-state index contributed by atoms with van der Waals surface area (Å²) in [5.41, 5.74) is 1.70. The van der Waals surface area contributed by atoms with Crippen molar-refractivity contribution in [3.63, 3.8) is 0 Å². The second-order valence-corrected chi connectivity index (χ2v) is 12.5. The summed E-state index contributed by atoms with van der Waals surface area (Å²) in [5, 5.41) is 3.16. The van der Waals surface area contributed by atoms with Gasteiger partial charge in [0.2, 0.25) is 24.0 Å². The summed E-state index contributed by atoms with van der Waals surface area (Å²) in [7, 11) is -8.14. The van der Waals surface area contributed by atoms with Gasteiger partial charge in [-0.2, -0.15) is 0 Å². The smallest absolute Gasteiger partial charge is 0.233 e. The average molecular weight is 520 g/mol. The van der Waals surface area contributed by atoms with Gasteiger partial charge in [-0.1, -0.05) is 46.7 Å². The van der Waals surface area contributed by atoms with E-state index in [-0.39, 0.29) is 30.7 Å². The maximum absolute atomic E-state index is 13.4. The molecule has 2 heterocycles. The fourth-order valence-electron chi connectivity index (χ4n) is 2.92. The van der Waals surface area contributed by atoms with Crippen molar-refractivity contribution in [2.24, 2.45) is 0 Å². The summed E-state index contributed by atoms with van der Waals surface area (Å²) in [6, 6.07) is 15.5. The highest BCUT2D eigenvalue weighted by Crippen LogP contribution is 2.37. The second kappa shape index (κ2) is 9.22. The Labute approximate surface area is 201 Å². The average Bonchev–Trinajstić information content (AvgIpc) is 3.25. The molecule has 0 amide bonds. The van der Waals surface area contributed by atoms with Crippen molar-refractivity contribution in [1.29, 1.82) is 0 Å². The van der Waals surface area contributed by atoms with E-state index in [0.717, 1.165) is 22.5 Å². The minimum Gasteiger partial charge on any atom is -0.370 e.